The standard InChI is InChI=1S/C18H14ClF2N3O/c1-10-7-11(2)24(23-10)17-6-4-13(9-16(17)21)22-18(25)14-8-12(19)3-5-15(14)20/h3-9H,1-2H3,(H,22,25). The number of anilines is 1. The molecule has 1 amide bonds. The molecule has 0 radical (unpaired) electrons. The Hall–Kier alpha value is -2.73. The summed E-state index contributed by atoms with van der Waals surface area (Å²) in [5.41, 5.74) is 1.81. The van der Waals surface area contributed by atoms with E-state index in [0.717, 1.165) is 23.5 Å². The Labute approximate surface area is 148 Å². The third kappa shape index (κ3) is 3.53. The van der Waals surface area contributed by atoms with Gasteiger partial charge >= 0.3 is 0 Å². The summed E-state index contributed by atoms with van der Waals surface area (Å²) < 4.78 is 29.6. The molecule has 0 unspecified atom stereocenters. The number of halogens is 3. The first-order chi connectivity index (χ1) is 11.8. The van der Waals surface area contributed by atoms with E-state index < -0.39 is 17.5 Å². The summed E-state index contributed by atoms with van der Waals surface area (Å²) in [5, 5.41) is 6.92. The molecule has 2 aromatic carbocycles. The Morgan fingerprint density at radius 2 is 1.84 bits per heavy atom. The molecular formula is C18H14ClF2N3O. The van der Waals surface area contributed by atoms with Crippen LogP contribution in [0.5, 0.6) is 0 Å². The topological polar surface area (TPSA) is 46.9 Å². The van der Waals surface area contributed by atoms with Gasteiger partial charge in [0.2, 0.25) is 0 Å². The van der Waals surface area contributed by atoms with Crippen molar-refractivity contribution in [3.05, 3.63) is 76.1 Å². The lowest BCUT2D eigenvalue weighted by molar-refractivity contribution is 0.102. The van der Waals surface area contributed by atoms with Crippen molar-refractivity contribution in [2.45, 2.75) is 13.8 Å². The summed E-state index contributed by atoms with van der Waals surface area (Å²) in [4.78, 5) is 12.2. The van der Waals surface area contributed by atoms with Crippen molar-refractivity contribution in [1.82, 2.24) is 9.78 Å². The van der Waals surface area contributed by atoms with Gasteiger partial charge in [-0.05, 0) is 56.3 Å². The summed E-state index contributed by atoms with van der Waals surface area (Å²) in [5.74, 6) is -1.98. The predicted molar refractivity (Wildman–Crippen MR) is 92.4 cm³/mol. The highest BCUT2D eigenvalue weighted by molar-refractivity contribution is 6.31. The number of hydrogen-bond acceptors (Lipinski definition) is 2. The fourth-order valence-corrected chi connectivity index (χ4v) is 2.67. The van der Waals surface area contributed by atoms with Crippen molar-refractivity contribution in [2.75, 3.05) is 5.32 Å². The van der Waals surface area contributed by atoms with Crippen LogP contribution in [0.3, 0.4) is 0 Å². The highest BCUT2D eigenvalue weighted by atomic mass is 35.5. The number of benzene rings is 2. The normalized spacial score (nSPS) is 10.8. The molecule has 4 nitrogen and oxygen atoms in total. The second-order valence-corrected chi connectivity index (χ2v) is 6.02. The van der Waals surface area contributed by atoms with E-state index in [4.69, 9.17) is 11.6 Å². The van der Waals surface area contributed by atoms with E-state index in [1.54, 1.807) is 0 Å². The van der Waals surface area contributed by atoms with Gasteiger partial charge in [0.25, 0.3) is 5.91 Å². The van der Waals surface area contributed by atoms with Gasteiger partial charge in [-0.3, -0.25) is 4.79 Å². The molecule has 0 spiro atoms. The quantitative estimate of drug-likeness (QED) is 0.736. The zero-order valence-electron chi connectivity index (χ0n) is 13.5. The number of hydrogen-bond donors (Lipinski definition) is 1. The fourth-order valence-electron chi connectivity index (χ4n) is 2.50. The molecule has 1 aromatic heterocycles. The molecule has 0 fully saturated rings. The van der Waals surface area contributed by atoms with Crippen molar-refractivity contribution in [2.24, 2.45) is 0 Å². The number of nitrogens with one attached hydrogen (secondary N) is 1. The van der Waals surface area contributed by atoms with E-state index in [-0.39, 0.29) is 22.0 Å². The first kappa shape index (κ1) is 17.1. The number of aryl methyl sites for hydroxylation is 2. The Bertz CT molecular complexity index is 969. The van der Waals surface area contributed by atoms with E-state index in [0.29, 0.717) is 0 Å². The average molecular weight is 362 g/mol. The Morgan fingerprint density at radius 3 is 2.48 bits per heavy atom. The first-order valence-corrected chi connectivity index (χ1v) is 7.82. The van der Waals surface area contributed by atoms with Crippen molar-refractivity contribution in [3.8, 4) is 5.69 Å². The van der Waals surface area contributed by atoms with E-state index >= 15 is 0 Å². The Balaban J connectivity index is 1.87. The second-order valence-electron chi connectivity index (χ2n) is 5.58. The molecule has 0 saturated carbocycles. The van der Waals surface area contributed by atoms with Gasteiger partial charge in [-0.25, -0.2) is 13.5 Å². The number of carbonyl (C=O) groups is 1. The van der Waals surface area contributed by atoms with Gasteiger partial charge in [0, 0.05) is 16.4 Å². The molecule has 0 aliphatic carbocycles. The maximum absolute atomic E-state index is 14.4. The van der Waals surface area contributed by atoms with Gasteiger partial charge in [0.05, 0.1) is 11.3 Å². The molecule has 0 aliphatic heterocycles. The zero-order chi connectivity index (χ0) is 18.1. The van der Waals surface area contributed by atoms with Crippen molar-refractivity contribution in [1.29, 1.82) is 0 Å². The van der Waals surface area contributed by atoms with Gasteiger partial charge in [-0.15, -0.1) is 0 Å². The van der Waals surface area contributed by atoms with Crippen LogP contribution in [0.4, 0.5) is 14.5 Å². The van der Waals surface area contributed by atoms with Crippen LogP contribution in [0.15, 0.2) is 42.5 Å². The predicted octanol–water partition coefficient (Wildman–Crippen LogP) is 4.67. The van der Waals surface area contributed by atoms with Gasteiger partial charge in [0.1, 0.15) is 11.5 Å². The molecule has 128 valence electrons. The largest absolute Gasteiger partial charge is 0.322 e. The van der Waals surface area contributed by atoms with Crippen LogP contribution in [0.25, 0.3) is 5.69 Å². The molecular weight excluding hydrogens is 348 g/mol. The molecule has 1 heterocycles. The van der Waals surface area contributed by atoms with Crippen LogP contribution in [0.2, 0.25) is 5.02 Å². The lowest BCUT2D eigenvalue weighted by Gasteiger charge is -2.10. The maximum atomic E-state index is 14.4. The summed E-state index contributed by atoms with van der Waals surface area (Å²) in [6.45, 7) is 3.63. The smallest absolute Gasteiger partial charge is 0.258 e. The third-order valence-corrected chi connectivity index (χ3v) is 3.85. The number of amides is 1. The van der Waals surface area contributed by atoms with Crippen LogP contribution in [0.1, 0.15) is 21.7 Å². The van der Waals surface area contributed by atoms with Gasteiger partial charge in [-0.2, -0.15) is 5.10 Å². The highest BCUT2D eigenvalue weighted by Gasteiger charge is 2.15. The van der Waals surface area contributed by atoms with Crippen molar-refractivity contribution < 1.29 is 13.6 Å². The van der Waals surface area contributed by atoms with E-state index in [1.165, 1.54) is 28.9 Å². The summed E-state index contributed by atoms with van der Waals surface area (Å²) in [6.07, 6.45) is 0. The lowest BCUT2D eigenvalue weighted by Crippen LogP contribution is -2.14. The van der Waals surface area contributed by atoms with E-state index in [1.807, 2.05) is 19.9 Å². The first-order valence-electron chi connectivity index (χ1n) is 7.45. The van der Waals surface area contributed by atoms with Gasteiger partial charge in [-0.1, -0.05) is 11.6 Å². The molecule has 0 bridgehead atoms. The summed E-state index contributed by atoms with van der Waals surface area (Å²) in [7, 11) is 0. The minimum absolute atomic E-state index is 0.201. The molecule has 25 heavy (non-hydrogen) atoms. The molecule has 7 heteroatoms. The van der Waals surface area contributed by atoms with Crippen molar-refractivity contribution in [3.63, 3.8) is 0 Å². The van der Waals surface area contributed by atoms with Crippen LogP contribution < -0.4 is 5.32 Å². The fraction of sp³-hybridized carbons (Fsp3) is 0.111. The number of rotatable bonds is 3. The minimum Gasteiger partial charge on any atom is -0.322 e. The Kier molecular flexibility index (Phi) is 4.55. The third-order valence-electron chi connectivity index (χ3n) is 3.62. The van der Waals surface area contributed by atoms with Crippen LogP contribution in [-0.4, -0.2) is 15.7 Å². The van der Waals surface area contributed by atoms with Crippen molar-refractivity contribution >= 4 is 23.2 Å². The highest BCUT2D eigenvalue weighted by Crippen LogP contribution is 2.21. The van der Waals surface area contributed by atoms with Gasteiger partial charge < -0.3 is 5.32 Å². The van der Waals surface area contributed by atoms with E-state index in [9.17, 15) is 13.6 Å². The Morgan fingerprint density at radius 1 is 1.08 bits per heavy atom. The SMILES string of the molecule is Cc1cc(C)n(-c2ccc(NC(=O)c3cc(Cl)ccc3F)cc2F)n1. The number of carbonyl (C=O) groups excluding carboxylic acids is 1. The molecule has 1 N–H and O–H groups in total. The summed E-state index contributed by atoms with van der Waals surface area (Å²) in [6, 6.07) is 9.67. The molecule has 3 aromatic rings. The van der Waals surface area contributed by atoms with Gasteiger partial charge in [0.15, 0.2) is 5.82 Å². The zero-order valence-corrected chi connectivity index (χ0v) is 14.2. The average Bonchev–Trinajstić information content (AvgIpc) is 2.88. The summed E-state index contributed by atoms with van der Waals surface area (Å²) >= 11 is 5.78. The maximum Gasteiger partial charge on any atom is 0.258 e. The molecule has 0 aliphatic rings. The van der Waals surface area contributed by atoms with Crippen LogP contribution in [0, 0.1) is 25.5 Å². The number of aromatic nitrogens is 2. The van der Waals surface area contributed by atoms with E-state index in [2.05, 4.69) is 10.4 Å². The monoisotopic (exact) mass is 361 g/mol. The van der Waals surface area contributed by atoms with Crippen LogP contribution in [-0.2, 0) is 0 Å². The van der Waals surface area contributed by atoms with Crippen LogP contribution >= 0.6 is 11.6 Å². The minimum atomic E-state index is -0.710. The molecule has 0 saturated heterocycles. The lowest BCUT2D eigenvalue weighted by atomic mass is 10.2. The molecule has 0 atom stereocenters. The number of nitrogens with zero attached hydrogens (tertiary/aromatic N) is 2. The molecule has 3 rings (SSSR count). The second kappa shape index (κ2) is 6.64.